The lowest BCUT2D eigenvalue weighted by Crippen LogP contribution is -2.31. The van der Waals surface area contributed by atoms with Gasteiger partial charge in [-0.1, -0.05) is 0 Å². The Labute approximate surface area is 52.7 Å². The second-order valence-corrected chi connectivity index (χ2v) is 2.21. The van der Waals surface area contributed by atoms with Crippen LogP contribution in [0.15, 0.2) is 0 Å². The molecule has 9 heavy (non-hydrogen) atoms. The van der Waals surface area contributed by atoms with Crippen LogP contribution in [0, 0.1) is 0 Å². The molecule has 0 saturated carbocycles. The predicted molar refractivity (Wildman–Crippen MR) is 28.6 cm³/mol. The van der Waals surface area contributed by atoms with Gasteiger partial charge in [-0.3, -0.25) is 0 Å². The molecular weight excluding hydrogens is 124 g/mol. The van der Waals surface area contributed by atoms with E-state index in [-0.39, 0.29) is 0 Å². The van der Waals surface area contributed by atoms with E-state index in [9.17, 15) is 0 Å². The van der Waals surface area contributed by atoms with Gasteiger partial charge in [0.1, 0.15) is 12.2 Å². The lowest BCUT2D eigenvalue weighted by atomic mass is 10.2. The fourth-order valence-corrected chi connectivity index (χ4v) is 0.827. The van der Waals surface area contributed by atoms with Crippen LogP contribution < -0.4 is 0 Å². The number of aliphatic hydroxyl groups is 3. The van der Waals surface area contributed by atoms with Gasteiger partial charge >= 0.3 is 0 Å². The molecule has 1 aliphatic rings. The smallest absolute Gasteiger partial charge is 0.183 e. The van der Waals surface area contributed by atoms with Crippen LogP contribution in [-0.4, -0.2) is 39.9 Å². The predicted octanol–water partition coefficient (Wildman–Crippen LogP) is -1.55. The highest BCUT2D eigenvalue weighted by atomic mass is 16.6. The highest BCUT2D eigenvalue weighted by Gasteiger charge is 2.38. The summed E-state index contributed by atoms with van der Waals surface area (Å²) in [6.07, 6.45) is -3.81. The van der Waals surface area contributed by atoms with E-state index in [0.29, 0.717) is 0 Å². The Morgan fingerprint density at radius 1 is 1.11 bits per heavy atom. The van der Waals surface area contributed by atoms with E-state index in [1.807, 2.05) is 0 Å². The topological polar surface area (TPSA) is 69.9 Å². The largest absolute Gasteiger partial charge is 0.388 e. The summed E-state index contributed by atoms with van der Waals surface area (Å²) in [5, 5.41) is 26.4. The molecular formula is C5H10O4. The molecule has 3 unspecified atom stereocenters. The fraction of sp³-hybridized carbons (Fsp3) is 1.00. The van der Waals surface area contributed by atoms with Crippen LogP contribution in [-0.2, 0) is 4.74 Å². The van der Waals surface area contributed by atoms with Crippen molar-refractivity contribution >= 4 is 0 Å². The number of aliphatic hydroxyl groups excluding tert-OH is 3. The average Bonchev–Trinajstić information content (AvgIpc) is 1.98. The molecule has 1 fully saturated rings. The maximum absolute atomic E-state index is 8.90. The zero-order chi connectivity index (χ0) is 7.02. The van der Waals surface area contributed by atoms with Crippen LogP contribution in [0.25, 0.3) is 0 Å². The summed E-state index contributed by atoms with van der Waals surface area (Å²) in [6, 6.07) is 0. The molecule has 0 aromatic carbocycles. The molecule has 0 aromatic rings. The molecule has 0 radical (unpaired) electrons. The summed E-state index contributed by atoms with van der Waals surface area (Å²) in [7, 11) is 0. The number of hydrogen-bond acceptors (Lipinski definition) is 4. The van der Waals surface area contributed by atoms with Crippen molar-refractivity contribution in [3.8, 4) is 0 Å². The first kappa shape index (κ1) is 6.95. The third kappa shape index (κ3) is 1.07. The third-order valence-electron chi connectivity index (χ3n) is 1.48. The molecule has 1 aliphatic heterocycles. The summed E-state index contributed by atoms with van der Waals surface area (Å²) in [5.74, 6) is 0. The molecule has 4 nitrogen and oxygen atoms in total. The van der Waals surface area contributed by atoms with Crippen LogP contribution >= 0.6 is 0 Å². The van der Waals surface area contributed by atoms with Gasteiger partial charge in [-0.15, -0.1) is 0 Å². The Kier molecular flexibility index (Phi) is 1.72. The summed E-state index contributed by atoms with van der Waals surface area (Å²) in [6.45, 7) is 1.59. The maximum atomic E-state index is 8.90. The summed E-state index contributed by atoms with van der Waals surface area (Å²) >= 11 is 0. The van der Waals surface area contributed by atoms with Crippen LogP contribution in [0.5, 0.6) is 0 Å². The lowest BCUT2D eigenvalue weighted by molar-refractivity contribution is -0.124. The van der Waals surface area contributed by atoms with Gasteiger partial charge in [-0.25, -0.2) is 0 Å². The Morgan fingerprint density at radius 3 is 1.78 bits per heavy atom. The van der Waals surface area contributed by atoms with Crippen molar-refractivity contribution in [3.63, 3.8) is 0 Å². The van der Waals surface area contributed by atoms with Crippen molar-refractivity contribution in [2.75, 3.05) is 0 Å². The maximum Gasteiger partial charge on any atom is 0.183 e. The quantitative estimate of drug-likeness (QED) is 0.375. The van der Waals surface area contributed by atoms with Gasteiger partial charge in [0.2, 0.25) is 0 Å². The highest BCUT2D eigenvalue weighted by Crippen LogP contribution is 2.18. The average molecular weight is 134 g/mol. The molecule has 0 amide bonds. The van der Waals surface area contributed by atoms with E-state index in [4.69, 9.17) is 15.3 Å². The minimum atomic E-state index is -1.23. The Hall–Kier alpha value is -0.160. The number of ether oxygens (including phenoxy) is 1. The number of hydrogen-bond donors (Lipinski definition) is 3. The first-order valence-electron chi connectivity index (χ1n) is 2.82. The molecule has 1 rings (SSSR count). The Bertz CT molecular complexity index is 93.1. The van der Waals surface area contributed by atoms with Crippen molar-refractivity contribution in [1.29, 1.82) is 0 Å². The third-order valence-corrected chi connectivity index (χ3v) is 1.48. The van der Waals surface area contributed by atoms with Gasteiger partial charge < -0.3 is 20.1 Å². The van der Waals surface area contributed by atoms with Gasteiger partial charge in [0.05, 0.1) is 6.10 Å². The fourth-order valence-electron chi connectivity index (χ4n) is 0.827. The Balaban J connectivity index is 2.54. The second-order valence-electron chi connectivity index (χ2n) is 2.21. The minimum Gasteiger partial charge on any atom is -0.388 e. The molecule has 0 bridgehead atoms. The molecule has 4 heteroatoms. The summed E-state index contributed by atoms with van der Waals surface area (Å²) in [4.78, 5) is 0. The van der Waals surface area contributed by atoms with Crippen LogP contribution in [0.4, 0.5) is 0 Å². The zero-order valence-corrected chi connectivity index (χ0v) is 5.06. The van der Waals surface area contributed by atoms with E-state index >= 15 is 0 Å². The molecule has 0 spiro atoms. The van der Waals surface area contributed by atoms with E-state index in [1.165, 1.54) is 0 Å². The first-order valence-corrected chi connectivity index (χ1v) is 2.82. The molecule has 54 valence electrons. The van der Waals surface area contributed by atoms with Crippen LogP contribution in [0.1, 0.15) is 6.92 Å². The van der Waals surface area contributed by atoms with E-state index in [0.717, 1.165) is 0 Å². The van der Waals surface area contributed by atoms with Crippen molar-refractivity contribution in [2.45, 2.75) is 31.5 Å². The molecule has 0 aliphatic carbocycles. The van der Waals surface area contributed by atoms with Crippen molar-refractivity contribution in [1.82, 2.24) is 0 Å². The molecule has 4 atom stereocenters. The van der Waals surface area contributed by atoms with Crippen LogP contribution in [0.3, 0.4) is 0 Å². The van der Waals surface area contributed by atoms with E-state index < -0.39 is 24.6 Å². The lowest BCUT2D eigenvalue weighted by Gasteiger charge is -2.07. The van der Waals surface area contributed by atoms with Gasteiger partial charge in [0.25, 0.3) is 0 Å². The molecule has 1 heterocycles. The SMILES string of the molecule is CC1OC(O)[C@@H](O)C1O. The monoisotopic (exact) mass is 134 g/mol. The highest BCUT2D eigenvalue weighted by molar-refractivity contribution is 4.82. The number of rotatable bonds is 0. The first-order chi connectivity index (χ1) is 4.13. The molecule has 3 N–H and O–H groups in total. The van der Waals surface area contributed by atoms with Gasteiger partial charge in [-0.2, -0.15) is 0 Å². The molecule has 1 saturated heterocycles. The Morgan fingerprint density at radius 2 is 1.67 bits per heavy atom. The minimum absolute atomic E-state index is 0.477. The van der Waals surface area contributed by atoms with Crippen molar-refractivity contribution < 1.29 is 20.1 Å². The standard InChI is InChI=1S/C5H10O4/c1-2-3(6)4(7)5(8)9-2/h2-8H,1H3/t2?,3?,4-,5?/m0/s1. The van der Waals surface area contributed by atoms with Gasteiger partial charge in [-0.05, 0) is 6.92 Å². The van der Waals surface area contributed by atoms with Crippen molar-refractivity contribution in [2.24, 2.45) is 0 Å². The second kappa shape index (κ2) is 2.22. The van der Waals surface area contributed by atoms with E-state index in [1.54, 1.807) is 6.92 Å². The van der Waals surface area contributed by atoms with Gasteiger partial charge in [0.15, 0.2) is 6.29 Å². The summed E-state index contributed by atoms with van der Waals surface area (Å²) in [5.41, 5.74) is 0. The van der Waals surface area contributed by atoms with Crippen molar-refractivity contribution in [3.05, 3.63) is 0 Å². The molecule has 0 aromatic heterocycles. The van der Waals surface area contributed by atoms with Crippen LogP contribution in [0.2, 0.25) is 0 Å². The van der Waals surface area contributed by atoms with Gasteiger partial charge in [0, 0.05) is 0 Å². The normalized spacial score (nSPS) is 52.0. The van der Waals surface area contributed by atoms with E-state index in [2.05, 4.69) is 4.74 Å². The summed E-state index contributed by atoms with van der Waals surface area (Å²) < 4.78 is 4.64. The zero-order valence-electron chi connectivity index (χ0n) is 5.06.